The highest BCUT2D eigenvalue weighted by atomic mass is 16.7. The lowest BCUT2D eigenvalue weighted by molar-refractivity contribution is -0.149. The van der Waals surface area contributed by atoms with Crippen LogP contribution in [0.1, 0.15) is 12.5 Å². The van der Waals surface area contributed by atoms with Crippen LogP contribution in [-0.2, 0) is 22.3 Å². The molecule has 1 saturated heterocycles. The first kappa shape index (κ1) is 14.6. The third-order valence-electron chi connectivity index (χ3n) is 4.91. The Morgan fingerprint density at radius 3 is 2.60 bits per heavy atom. The zero-order valence-electron chi connectivity index (χ0n) is 14.1. The summed E-state index contributed by atoms with van der Waals surface area (Å²) in [7, 11) is 1.97. The average molecular weight is 334 g/mol. The molecule has 1 aromatic carbocycles. The summed E-state index contributed by atoms with van der Waals surface area (Å²) in [4.78, 5) is 7.66. The molecule has 0 spiro atoms. The molecule has 6 heteroatoms. The molecule has 4 aromatic rings. The fourth-order valence-corrected chi connectivity index (χ4v) is 3.59. The van der Waals surface area contributed by atoms with Crippen molar-refractivity contribution in [2.24, 2.45) is 7.05 Å². The second-order valence-electron chi connectivity index (χ2n) is 6.45. The Morgan fingerprint density at radius 1 is 1.08 bits per heavy atom. The van der Waals surface area contributed by atoms with Gasteiger partial charge in [-0.1, -0.05) is 24.3 Å². The molecule has 0 bridgehead atoms. The number of benzene rings is 1. The number of hydrogen-bond donors (Lipinski definition) is 1. The van der Waals surface area contributed by atoms with E-state index in [1.807, 2.05) is 49.2 Å². The first-order valence-electron chi connectivity index (χ1n) is 8.33. The summed E-state index contributed by atoms with van der Waals surface area (Å²) in [6.07, 6.45) is 3.79. The molecule has 1 N–H and O–H groups in total. The maximum absolute atomic E-state index is 5.73. The van der Waals surface area contributed by atoms with E-state index in [4.69, 9.17) is 14.6 Å². The molecule has 0 amide bonds. The van der Waals surface area contributed by atoms with Crippen molar-refractivity contribution in [1.29, 1.82) is 0 Å². The number of H-pyrrole nitrogens is 1. The Kier molecular flexibility index (Phi) is 3.01. The lowest BCUT2D eigenvalue weighted by Gasteiger charge is -2.22. The first-order valence-corrected chi connectivity index (χ1v) is 8.33. The molecule has 126 valence electrons. The summed E-state index contributed by atoms with van der Waals surface area (Å²) < 4.78 is 13.4. The van der Waals surface area contributed by atoms with Crippen LogP contribution in [0.2, 0.25) is 0 Å². The molecule has 1 fully saturated rings. The maximum Gasteiger partial charge on any atom is 0.192 e. The van der Waals surface area contributed by atoms with Crippen LogP contribution in [-0.4, -0.2) is 33.0 Å². The third-order valence-corrected chi connectivity index (χ3v) is 4.91. The van der Waals surface area contributed by atoms with Crippen LogP contribution < -0.4 is 0 Å². The van der Waals surface area contributed by atoms with E-state index in [1.165, 1.54) is 0 Å². The molecule has 0 saturated carbocycles. The van der Waals surface area contributed by atoms with E-state index in [1.54, 1.807) is 0 Å². The van der Waals surface area contributed by atoms with Crippen LogP contribution in [0.15, 0.2) is 42.7 Å². The van der Waals surface area contributed by atoms with Gasteiger partial charge in [0.1, 0.15) is 11.3 Å². The van der Waals surface area contributed by atoms with Crippen molar-refractivity contribution in [2.75, 3.05) is 13.2 Å². The first-order chi connectivity index (χ1) is 12.2. The number of hydrogen-bond acceptors (Lipinski definition) is 4. The van der Waals surface area contributed by atoms with E-state index in [2.05, 4.69) is 22.1 Å². The van der Waals surface area contributed by atoms with Crippen molar-refractivity contribution in [3.8, 4) is 11.3 Å². The van der Waals surface area contributed by atoms with Gasteiger partial charge in [-0.15, -0.1) is 0 Å². The molecule has 3 aromatic heterocycles. The van der Waals surface area contributed by atoms with E-state index in [0.717, 1.165) is 38.8 Å². The summed E-state index contributed by atoms with van der Waals surface area (Å²) in [5.41, 5.74) is 4.95. The predicted molar refractivity (Wildman–Crippen MR) is 95.1 cm³/mol. The number of aromatic nitrogens is 4. The highest BCUT2D eigenvalue weighted by molar-refractivity contribution is 6.07. The van der Waals surface area contributed by atoms with Gasteiger partial charge in [-0.25, -0.2) is 4.98 Å². The molecule has 25 heavy (non-hydrogen) atoms. The zero-order valence-corrected chi connectivity index (χ0v) is 14.1. The Labute approximate surface area is 144 Å². The lowest BCUT2D eigenvalue weighted by atomic mass is 10.0. The number of rotatable bonds is 2. The van der Waals surface area contributed by atoms with Crippen LogP contribution in [0.5, 0.6) is 0 Å². The fourth-order valence-electron chi connectivity index (χ4n) is 3.59. The molecule has 1 aliphatic heterocycles. The lowest BCUT2D eigenvalue weighted by Crippen LogP contribution is -2.22. The highest BCUT2D eigenvalue weighted by Crippen LogP contribution is 2.34. The van der Waals surface area contributed by atoms with E-state index in [9.17, 15) is 0 Å². The van der Waals surface area contributed by atoms with Gasteiger partial charge in [0, 0.05) is 41.3 Å². The van der Waals surface area contributed by atoms with Crippen LogP contribution in [0.3, 0.4) is 0 Å². The van der Waals surface area contributed by atoms with Crippen LogP contribution in [0.25, 0.3) is 33.2 Å². The number of pyridine rings is 1. The van der Waals surface area contributed by atoms with Crippen molar-refractivity contribution in [1.82, 2.24) is 19.7 Å². The fraction of sp³-hybridized carbons (Fsp3) is 0.263. The molecule has 0 unspecified atom stereocenters. The second kappa shape index (κ2) is 5.15. The molecule has 1 aliphatic rings. The Balaban J connectivity index is 1.63. The summed E-state index contributed by atoms with van der Waals surface area (Å²) in [5.74, 6) is -0.649. The van der Waals surface area contributed by atoms with Crippen molar-refractivity contribution < 1.29 is 9.47 Å². The molecule has 0 radical (unpaired) electrons. The number of nitrogens with one attached hydrogen (secondary N) is 1. The van der Waals surface area contributed by atoms with E-state index in [-0.39, 0.29) is 0 Å². The Bertz CT molecular complexity index is 1070. The summed E-state index contributed by atoms with van der Waals surface area (Å²) in [6, 6.07) is 10.3. The van der Waals surface area contributed by atoms with Gasteiger partial charge in [0.05, 0.1) is 18.7 Å². The highest BCUT2D eigenvalue weighted by Gasteiger charge is 2.33. The predicted octanol–water partition coefficient (Wildman–Crippen LogP) is 3.34. The summed E-state index contributed by atoms with van der Waals surface area (Å²) in [6.45, 7) is 3.21. The van der Waals surface area contributed by atoms with Gasteiger partial charge in [-0.2, -0.15) is 5.10 Å². The van der Waals surface area contributed by atoms with Gasteiger partial charge in [-0.3, -0.25) is 4.68 Å². The molecular weight excluding hydrogens is 316 g/mol. The Hall–Kier alpha value is -2.70. The van der Waals surface area contributed by atoms with Gasteiger partial charge in [-0.05, 0) is 13.0 Å². The minimum absolute atomic E-state index is 0.626. The van der Waals surface area contributed by atoms with Gasteiger partial charge in [0.25, 0.3) is 0 Å². The van der Waals surface area contributed by atoms with Crippen LogP contribution in [0, 0.1) is 0 Å². The normalized spacial score (nSPS) is 16.9. The van der Waals surface area contributed by atoms with Crippen molar-refractivity contribution in [2.45, 2.75) is 12.7 Å². The van der Waals surface area contributed by atoms with Gasteiger partial charge >= 0.3 is 0 Å². The minimum atomic E-state index is -0.649. The van der Waals surface area contributed by atoms with E-state index >= 15 is 0 Å². The van der Waals surface area contributed by atoms with Crippen molar-refractivity contribution in [3.63, 3.8) is 0 Å². The molecule has 5 rings (SSSR count). The second-order valence-corrected chi connectivity index (χ2v) is 6.45. The molecular formula is C19H18N4O2. The van der Waals surface area contributed by atoms with Crippen molar-refractivity contribution in [3.05, 3.63) is 48.3 Å². The topological polar surface area (TPSA) is 65.0 Å². The van der Waals surface area contributed by atoms with Gasteiger partial charge in [0.15, 0.2) is 5.79 Å². The summed E-state index contributed by atoms with van der Waals surface area (Å²) >= 11 is 0. The largest absolute Gasteiger partial charge is 0.346 e. The van der Waals surface area contributed by atoms with Crippen molar-refractivity contribution >= 4 is 21.9 Å². The summed E-state index contributed by atoms with van der Waals surface area (Å²) in [5, 5.41) is 6.86. The molecule has 4 heterocycles. The average Bonchev–Trinajstić information content (AvgIpc) is 3.34. The molecule has 6 nitrogen and oxygen atoms in total. The Morgan fingerprint density at radius 2 is 1.84 bits per heavy atom. The van der Waals surface area contributed by atoms with Gasteiger partial charge in [0.2, 0.25) is 0 Å². The number of fused-ring (bicyclic) bond motifs is 3. The molecule has 0 atom stereocenters. The standard InChI is InChI=1S/C19H18N4O2/c1-19(24-9-10-25-19)13-5-3-12(4-6-13)16-15-11-21-18-14(7-8-20-18)17(15)23(2)22-16/h3-8,11H,9-10H2,1-2H3,(H,20,21). The third kappa shape index (κ3) is 2.11. The van der Waals surface area contributed by atoms with Crippen LogP contribution in [0.4, 0.5) is 0 Å². The number of aryl methyl sites for hydroxylation is 1. The number of aromatic amines is 1. The number of nitrogens with zero attached hydrogens (tertiary/aromatic N) is 3. The van der Waals surface area contributed by atoms with E-state index < -0.39 is 5.79 Å². The maximum atomic E-state index is 5.73. The van der Waals surface area contributed by atoms with Crippen LogP contribution >= 0.6 is 0 Å². The SMILES string of the molecule is Cn1nc(-c2ccc(C3(C)OCCO3)cc2)c2cnc3[nH]ccc3c21. The smallest absolute Gasteiger partial charge is 0.192 e. The quantitative estimate of drug-likeness (QED) is 0.611. The molecule has 0 aliphatic carbocycles. The van der Waals surface area contributed by atoms with Gasteiger partial charge < -0.3 is 14.5 Å². The monoisotopic (exact) mass is 334 g/mol. The zero-order chi connectivity index (χ0) is 17.0. The minimum Gasteiger partial charge on any atom is -0.346 e. The van der Waals surface area contributed by atoms with E-state index in [0.29, 0.717) is 13.2 Å². The number of ether oxygens (including phenoxy) is 2.